The number of carbonyl (C=O) groups is 2. The molecule has 0 amide bonds. The predicted octanol–water partition coefficient (Wildman–Crippen LogP) is 9.05. The summed E-state index contributed by atoms with van der Waals surface area (Å²) >= 11 is 0. The van der Waals surface area contributed by atoms with E-state index in [9.17, 15) is 9.59 Å². The van der Waals surface area contributed by atoms with Crippen LogP contribution in [0.1, 0.15) is 98.4 Å². The minimum Gasteiger partial charge on any atom is -0.423 e. The summed E-state index contributed by atoms with van der Waals surface area (Å²) in [6, 6.07) is 30.4. The largest absolute Gasteiger partial charge is 0.423 e. The van der Waals surface area contributed by atoms with Gasteiger partial charge in [-0.05, 0) is 69.5 Å². The van der Waals surface area contributed by atoms with E-state index in [-0.39, 0.29) is 28.2 Å². The van der Waals surface area contributed by atoms with E-state index in [0.717, 1.165) is 22.3 Å². The van der Waals surface area contributed by atoms with Crippen molar-refractivity contribution < 1.29 is 19.1 Å². The lowest BCUT2D eigenvalue weighted by Gasteiger charge is -2.26. The molecule has 41 heavy (non-hydrogen) atoms. The van der Waals surface area contributed by atoms with Crippen molar-refractivity contribution in [2.75, 3.05) is 0 Å². The van der Waals surface area contributed by atoms with Crippen molar-refractivity contribution in [3.05, 3.63) is 130 Å². The highest BCUT2D eigenvalue weighted by Crippen LogP contribution is 2.34. The number of hydrogen-bond acceptors (Lipinski definition) is 4. The van der Waals surface area contributed by atoms with Gasteiger partial charge in [0.05, 0.1) is 11.1 Å². The van der Waals surface area contributed by atoms with Crippen LogP contribution >= 0.6 is 0 Å². The van der Waals surface area contributed by atoms with Crippen LogP contribution in [0.15, 0.2) is 97.1 Å². The van der Waals surface area contributed by atoms with Gasteiger partial charge in [-0.2, -0.15) is 0 Å². The van der Waals surface area contributed by atoms with E-state index in [1.54, 1.807) is 0 Å². The fourth-order valence-electron chi connectivity index (χ4n) is 5.00. The van der Waals surface area contributed by atoms with Crippen molar-refractivity contribution in [2.45, 2.75) is 71.6 Å². The Balaban J connectivity index is 1.47. The summed E-state index contributed by atoms with van der Waals surface area (Å²) in [5.41, 5.74) is 4.52. The van der Waals surface area contributed by atoms with Crippen LogP contribution in [-0.4, -0.2) is 11.9 Å². The maximum atomic E-state index is 13.0. The minimum atomic E-state index is -0.363. The summed E-state index contributed by atoms with van der Waals surface area (Å²) in [4.78, 5) is 26.0. The van der Waals surface area contributed by atoms with Gasteiger partial charge in [0.15, 0.2) is 0 Å². The van der Waals surface area contributed by atoms with Crippen LogP contribution in [0.2, 0.25) is 0 Å². The smallest absolute Gasteiger partial charge is 0.343 e. The van der Waals surface area contributed by atoms with Gasteiger partial charge in [0.25, 0.3) is 0 Å². The van der Waals surface area contributed by atoms with Crippen molar-refractivity contribution in [3.63, 3.8) is 0 Å². The van der Waals surface area contributed by atoms with Gasteiger partial charge in [-0.25, -0.2) is 9.59 Å². The molecule has 0 aliphatic rings. The van der Waals surface area contributed by atoms with E-state index in [2.05, 4.69) is 55.4 Å². The van der Waals surface area contributed by atoms with Crippen molar-refractivity contribution >= 4 is 11.9 Å². The van der Waals surface area contributed by atoms with E-state index in [0.29, 0.717) is 22.6 Å². The maximum absolute atomic E-state index is 13.0. The second-order valence-corrected chi connectivity index (χ2v) is 13.0. The first kappa shape index (κ1) is 29.8. The number of hydrogen-bond donors (Lipinski definition) is 0. The minimum absolute atomic E-state index is 0.172. The van der Waals surface area contributed by atoms with Gasteiger partial charge < -0.3 is 9.47 Å². The summed E-state index contributed by atoms with van der Waals surface area (Å²) < 4.78 is 11.5. The van der Waals surface area contributed by atoms with E-state index in [1.807, 2.05) is 97.1 Å². The molecule has 0 heterocycles. The van der Waals surface area contributed by atoms with E-state index < -0.39 is 0 Å². The molecule has 4 aromatic carbocycles. The average Bonchev–Trinajstić information content (AvgIpc) is 2.92. The zero-order valence-electron chi connectivity index (χ0n) is 25.4. The number of esters is 2. The molecule has 0 unspecified atom stereocenters. The molecule has 4 aromatic rings. The third kappa shape index (κ3) is 6.77. The molecule has 0 aliphatic heterocycles. The molecule has 0 radical (unpaired) electrons. The van der Waals surface area contributed by atoms with Crippen molar-refractivity contribution in [3.8, 4) is 11.5 Å². The Kier molecular flexibility index (Phi) is 8.26. The first-order valence-electron chi connectivity index (χ1n) is 14.0. The Bertz CT molecular complexity index is 1410. The molecular weight excluding hydrogens is 508 g/mol. The number of carbonyl (C=O) groups excluding carboxylic acids is 2. The Hall–Kier alpha value is -4.18. The highest BCUT2D eigenvalue weighted by molar-refractivity contribution is 5.93. The molecule has 0 N–H and O–H groups in total. The van der Waals surface area contributed by atoms with Crippen molar-refractivity contribution in [2.24, 2.45) is 0 Å². The summed E-state index contributed by atoms with van der Waals surface area (Å²) in [6.07, 6.45) is 0. The van der Waals surface area contributed by atoms with Crippen LogP contribution in [0.4, 0.5) is 0 Å². The Morgan fingerprint density at radius 2 is 0.780 bits per heavy atom. The van der Waals surface area contributed by atoms with Gasteiger partial charge in [0, 0.05) is 5.41 Å². The number of ether oxygens (including phenoxy) is 2. The van der Waals surface area contributed by atoms with Crippen molar-refractivity contribution in [1.29, 1.82) is 0 Å². The lowest BCUT2D eigenvalue weighted by Crippen LogP contribution is -2.20. The fraction of sp³-hybridized carbons (Fsp3) is 0.297. The topological polar surface area (TPSA) is 52.6 Å². The Morgan fingerprint density at radius 3 is 1.10 bits per heavy atom. The molecule has 0 fully saturated rings. The third-order valence-electron chi connectivity index (χ3n) is 7.48. The molecule has 0 saturated carbocycles. The van der Waals surface area contributed by atoms with Gasteiger partial charge in [-0.15, -0.1) is 0 Å². The summed E-state index contributed by atoms with van der Waals surface area (Å²) in [6.45, 7) is 16.8. The molecule has 0 spiro atoms. The fourth-order valence-corrected chi connectivity index (χ4v) is 5.00. The maximum Gasteiger partial charge on any atom is 0.343 e. The highest BCUT2D eigenvalue weighted by Gasteiger charge is 2.26. The van der Waals surface area contributed by atoms with E-state index in [4.69, 9.17) is 9.47 Å². The summed E-state index contributed by atoms with van der Waals surface area (Å²) in [5, 5.41) is 0. The standard InChI is InChI=1S/C37H40O4/c1-35(2,3)31-15-11-9-13-29(31)33(38)40-27-21-17-25(18-22-27)37(7,8)26-19-23-28(24-20-26)41-34(39)30-14-10-12-16-32(30)36(4,5)6/h9-24H,1-8H3. The van der Waals surface area contributed by atoms with Crippen LogP contribution in [-0.2, 0) is 16.2 Å². The normalized spacial score (nSPS) is 12.1. The van der Waals surface area contributed by atoms with Crippen LogP contribution in [0.25, 0.3) is 0 Å². The highest BCUT2D eigenvalue weighted by atomic mass is 16.5. The molecule has 4 nitrogen and oxygen atoms in total. The second kappa shape index (κ2) is 11.4. The van der Waals surface area contributed by atoms with Crippen molar-refractivity contribution in [1.82, 2.24) is 0 Å². The van der Waals surface area contributed by atoms with Crippen LogP contribution in [0.5, 0.6) is 11.5 Å². The molecule has 0 saturated heterocycles. The molecule has 0 bridgehead atoms. The third-order valence-corrected chi connectivity index (χ3v) is 7.48. The summed E-state index contributed by atoms with van der Waals surface area (Å²) in [5.74, 6) is 0.266. The molecule has 0 atom stereocenters. The Morgan fingerprint density at radius 1 is 0.463 bits per heavy atom. The SMILES string of the molecule is CC(C)(C)c1ccccc1C(=O)Oc1ccc(C(C)(C)c2ccc(OC(=O)c3ccccc3C(C)(C)C)cc2)cc1. The molecular formula is C37H40O4. The average molecular weight is 549 g/mol. The number of rotatable bonds is 6. The lowest BCUT2D eigenvalue weighted by atomic mass is 9.78. The zero-order chi connectivity index (χ0) is 30.0. The van der Waals surface area contributed by atoms with Crippen LogP contribution in [0.3, 0.4) is 0 Å². The first-order chi connectivity index (χ1) is 19.2. The van der Waals surface area contributed by atoms with Gasteiger partial charge in [0.1, 0.15) is 11.5 Å². The van der Waals surface area contributed by atoms with E-state index in [1.165, 1.54) is 0 Å². The number of benzene rings is 4. The second-order valence-electron chi connectivity index (χ2n) is 13.0. The quantitative estimate of drug-likeness (QED) is 0.178. The molecule has 4 heteroatoms. The lowest BCUT2D eigenvalue weighted by molar-refractivity contribution is 0.0722. The molecule has 212 valence electrons. The first-order valence-corrected chi connectivity index (χ1v) is 14.0. The Labute approximate surface area is 244 Å². The molecule has 0 aromatic heterocycles. The van der Waals surface area contributed by atoms with Gasteiger partial charge in [-0.1, -0.05) is 116 Å². The molecule has 0 aliphatic carbocycles. The van der Waals surface area contributed by atoms with Crippen LogP contribution in [0, 0.1) is 0 Å². The van der Waals surface area contributed by atoms with Crippen LogP contribution < -0.4 is 9.47 Å². The van der Waals surface area contributed by atoms with E-state index >= 15 is 0 Å². The predicted molar refractivity (Wildman–Crippen MR) is 165 cm³/mol. The molecule has 4 rings (SSSR count). The zero-order valence-corrected chi connectivity index (χ0v) is 25.4. The monoisotopic (exact) mass is 548 g/mol. The summed E-state index contributed by atoms with van der Waals surface area (Å²) in [7, 11) is 0. The van der Waals surface area contributed by atoms with Gasteiger partial charge in [-0.3, -0.25) is 0 Å². The van der Waals surface area contributed by atoms with Gasteiger partial charge >= 0.3 is 11.9 Å². The van der Waals surface area contributed by atoms with Gasteiger partial charge in [0.2, 0.25) is 0 Å².